The first-order valence-corrected chi connectivity index (χ1v) is 9.23. The molecule has 0 aliphatic rings. The fourth-order valence-electron chi connectivity index (χ4n) is 2.41. The number of hydrogen-bond acceptors (Lipinski definition) is 4. The van der Waals surface area contributed by atoms with Crippen LogP contribution in [0.1, 0.15) is 36.7 Å². The Balaban J connectivity index is 1.90. The predicted octanol–water partition coefficient (Wildman–Crippen LogP) is 3.50. The molecule has 2 rings (SSSR count). The Morgan fingerprint density at radius 3 is 2.35 bits per heavy atom. The monoisotopic (exact) mass is 437 g/mol. The summed E-state index contributed by atoms with van der Waals surface area (Å²) in [6.07, 6.45) is -0.733. The minimum Gasteiger partial charge on any atom is -0.444 e. The van der Waals surface area contributed by atoms with E-state index in [9.17, 15) is 27.6 Å². The van der Waals surface area contributed by atoms with E-state index in [-0.39, 0.29) is 13.1 Å². The Bertz CT molecular complexity index is 990. The summed E-state index contributed by atoms with van der Waals surface area (Å²) < 4.78 is 45.0. The number of carbonyl (C=O) groups excluding carboxylic acids is 3. The molecule has 0 fully saturated rings. The third kappa shape index (κ3) is 7.32. The zero-order chi connectivity index (χ0) is 23.2. The highest BCUT2D eigenvalue weighted by Gasteiger charge is 2.19. The van der Waals surface area contributed by atoms with E-state index in [0.29, 0.717) is 17.3 Å². The second-order valence-electron chi connectivity index (χ2n) is 7.51. The van der Waals surface area contributed by atoms with Gasteiger partial charge in [-0.25, -0.2) is 18.0 Å². The largest absolute Gasteiger partial charge is 0.444 e. The Morgan fingerprint density at radius 2 is 1.68 bits per heavy atom. The van der Waals surface area contributed by atoms with E-state index in [1.54, 1.807) is 45.0 Å². The van der Waals surface area contributed by atoms with Crippen LogP contribution in [0.4, 0.5) is 23.7 Å². The molecule has 7 nitrogen and oxygen atoms in total. The SMILES string of the molecule is CC(C)(C)OC(=O)NCC(=O)Nc1cccc(CNC(=O)c2ccc(F)c(F)c2F)c1. The number of nitrogens with one attached hydrogen (secondary N) is 3. The maximum Gasteiger partial charge on any atom is 0.408 e. The van der Waals surface area contributed by atoms with Crippen molar-refractivity contribution in [3.8, 4) is 0 Å². The lowest BCUT2D eigenvalue weighted by atomic mass is 10.1. The number of carbonyl (C=O) groups is 3. The van der Waals surface area contributed by atoms with Crippen LogP contribution in [0.2, 0.25) is 0 Å². The van der Waals surface area contributed by atoms with Gasteiger partial charge in [0.2, 0.25) is 5.91 Å². The normalized spacial score (nSPS) is 10.9. The average Bonchev–Trinajstić information content (AvgIpc) is 2.68. The highest BCUT2D eigenvalue weighted by Crippen LogP contribution is 2.16. The highest BCUT2D eigenvalue weighted by atomic mass is 19.2. The van der Waals surface area contributed by atoms with Crippen molar-refractivity contribution in [2.24, 2.45) is 0 Å². The van der Waals surface area contributed by atoms with E-state index in [0.717, 1.165) is 6.07 Å². The molecule has 0 heterocycles. The highest BCUT2D eigenvalue weighted by molar-refractivity contribution is 5.95. The third-order valence-corrected chi connectivity index (χ3v) is 3.74. The Labute approximate surface area is 177 Å². The Morgan fingerprint density at radius 1 is 0.968 bits per heavy atom. The second kappa shape index (κ2) is 9.96. The van der Waals surface area contributed by atoms with Gasteiger partial charge in [-0.2, -0.15) is 0 Å². The van der Waals surface area contributed by atoms with Crippen molar-refractivity contribution < 1.29 is 32.3 Å². The molecule has 3 amide bonds. The topological polar surface area (TPSA) is 96.5 Å². The van der Waals surface area contributed by atoms with Crippen molar-refractivity contribution in [1.29, 1.82) is 0 Å². The number of hydrogen-bond donors (Lipinski definition) is 3. The number of alkyl carbamates (subject to hydrolysis) is 1. The van der Waals surface area contributed by atoms with Crippen molar-refractivity contribution in [1.82, 2.24) is 10.6 Å². The molecule has 0 radical (unpaired) electrons. The molecule has 0 saturated carbocycles. The Hall–Kier alpha value is -3.56. The van der Waals surface area contributed by atoms with Crippen LogP contribution in [0.15, 0.2) is 36.4 Å². The van der Waals surface area contributed by atoms with Crippen molar-refractivity contribution in [2.45, 2.75) is 32.9 Å². The number of halogens is 3. The summed E-state index contributed by atoms with van der Waals surface area (Å²) in [7, 11) is 0. The van der Waals surface area contributed by atoms with E-state index in [2.05, 4.69) is 16.0 Å². The summed E-state index contributed by atoms with van der Waals surface area (Å²) in [5, 5.41) is 7.28. The summed E-state index contributed by atoms with van der Waals surface area (Å²) in [5.74, 6) is -6.12. The fraction of sp³-hybridized carbons (Fsp3) is 0.286. The lowest BCUT2D eigenvalue weighted by molar-refractivity contribution is -0.115. The van der Waals surface area contributed by atoms with Gasteiger partial charge in [-0.3, -0.25) is 9.59 Å². The molecule has 0 atom stereocenters. The number of anilines is 1. The number of amides is 3. The lowest BCUT2D eigenvalue weighted by Crippen LogP contribution is -2.37. The first-order chi connectivity index (χ1) is 14.5. The molecular weight excluding hydrogens is 415 g/mol. The van der Waals surface area contributed by atoms with Crippen LogP contribution in [0, 0.1) is 17.5 Å². The van der Waals surface area contributed by atoms with Crippen LogP contribution < -0.4 is 16.0 Å². The quantitative estimate of drug-likeness (QED) is 0.603. The molecule has 0 bridgehead atoms. The smallest absolute Gasteiger partial charge is 0.408 e. The third-order valence-electron chi connectivity index (χ3n) is 3.74. The van der Waals surface area contributed by atoms with Gasteiger partial charge in [-0.1, -0.05) is 12.1 Å². The first-order valence-electron chi connectivity index (χ1n) is 9.23. The number of rotatable bonds is 6. The van der Waals surface area contributed by atoms with Gasteiger partial charge in [-0.05, 0) is 50.6 Å². The molecule has 31 heavy (non-hydrogen) atoms. The zero-order valence-electron chi connectivity index (χ0n) is 17.1. The molecule has 3 N–H and O–H groups in total. The molecule has 2 aromatic rings. The molecule has 0 aromatic heterocycles. The van der Waals surface area contributed by atoms with Crippen molar-refractivity contribution >= 4 is 23.6 Å². The molecule has 166 valence electrons. The number of benzene rings is 2. The molecule has 10 heteroatoms. The molecule has 0 spiro atoms. The van der Waals surface area contributed by atoms with Gasteiger partial charge >= 0.3 is 6.09 Å². The molecule has 0 aliphatic heterocycles. The van der Waals surface area contributed by atoms with Crippen LogP contribution in [-0.2, 0) is 16.1 Å². The van der Waals surface area contributed by atoms with E-state index in [4.69, 9.17) is 4.74 Å². The van der Waals surface area contributed by atoms with E-state index in [1.165, 1.54) is 0 Å². The van der Waals surface area contributed by atoms with Crippen LogP contribution in [0.3, 0.4) is 0 Å². The Kier molecular flexibility index (Phi) is 7.62. The van der Waals surface area contributed by atoms with Crippen LogP contribution >= 0.6 is 0 Å². The van der Waals surface area contributed by atoms with Crippen molar-refractivity contribution in [3.05, 3.63) is 65.0 Å². The summed E-state index contributed by atoms with van der Waals surface area (Å²) in [5.41, 5.74) is -0.380. The first kappa shape index (κ1) is 23.7. The van der Waals surface area contributed by atoms with Crippen LogP contribution in [-0.4, -0.2) is 30.1 Å². The molecule has 2 aromatic carbocycles. The van der Waals surface area contributed by atoms with Gasteiger partial charge in [0, 0.05) is 12.2 Å². The van der Waals surface area contributed by atoms with E-state index < -0.39 is 46.5 Å². The number of ether oxygens (including phenoxy) is 1. The predicted molar refractivity (Wildman–Crippen MR) is 107 cm³/mol. The fourth-order valence-corrected chi connectivity index (χ4v) is 2.41. The van der Waals surface area contributed by atoms with Crippen LogP contribution in [0.25, 0.3) is 0 Å². The molecule has 0 unspecified atom stereocenters. The molecular formula is C21H22F3N3O4. The lowest BCUT2D eigenvalue weighted by Gasteiger charge is -2.19. The summed E-state index contributed by atoms with van der Waals surface area (Å²) in [4.78, 5) is 35.6. The van der Waals surface area contributed by atoms with Gasteiger partial charge in [-0.15, -0.1) is 0 Å². The zero-order valence-corrected chi connectivity index (χ0v) is 17.1. The van der Waals surface area contributed by atoms with Gasteiger partial charge < -0.3 is 20.7 Å². The van der Waals surface area contributed by atoms with Crippen LogP contribution in [0.5, 0.6) is 0 Å². The van der Waals surface area contributed by atoms with Gasteiger partial charge in [0.15, 0.2) is 17.5 Å². The second-order valence-corrected chi connectivity index (χ2v) is 7.51. The maximum atomic E-state index is 13.7. The molecule has 0 saturated heterocycles. The molecule has 0 aliphatic carbocycles. The van der Waals surface area contributed by atoms with Gasteiger partial charge in [0.1, 0.15) is 12.1 Å². The van der Waals surface area contributed by atoms with Gasteiger partial charge in [0.25, 0.3) is 5.91 Å². The van der Waals surface area contributed by atoms with Crippen molar-refractivity contribution in [2.75, 3.05) is 11.9 Å². The standard InChI is InChI=1S/C21H22F3N3O4/c1-21(2,3)31-20(30)26-11-16(28)27-13-6-4-5-12(9-13)10-25-19(29)14-7-8-15(22)18(24)17(14)23/h4-9H,10-11H2,1-3H3,(H,25,29)(H,26,30)(H,27,28). The average molecular weight is 437 g/mol. The van der Waals surface area contributed by atoms with Crippen molar-refractivity contribution in [3.63, 3.8) is 0 Å². The van der Waals surface area contributed by atoms with E-state index >= 15 is 0 Å². The maximum absolute atomic E-state index is 13.7. The minimum absolute atomic E-state index is 0.0584. The summed E-state index contributed by atoms with van der Waals surface area (Å²) in [6.45, 7) is 4.70. The summed E-state index contributed by atoms with van der Waals surface area (Å²) >= 11 is 0. The minimum atomic E-state index is -1.72. The summed E-state index contributed by atoms with van der Waals surface area (Å²) in [6, 6.07) is 7.89. The van der Waals surface area contributed by atoms with E-state index in [1.807, 2.05) is 0 Å². The van der Waals surface area contributed by atoms with Gasteiger partial charge in [0.05, 0.1) is 5.56 Å².